The number of halogens is 3. The molecule has 2 aromatic carbocycles. The Morgan fingerprint density at radius 2 is 1.75 bits per heavy atom. The summed E-state index contributed by atoms with van der Waals surface area (Å²) in [6.45, 7) is 0.377. The zero-order valence-electron chi connectivity index (χ0n) is 19.0. The van der Waals surface area contributed by atoms with Crippen molar-refractivity contribution in [2.45, 2.75) is 31.5 Å². The van der Waals surface area contributed by atoms with Gasteiger partial charge >= 0.3 is 12.1 Å². The summed E-state index contributed by atoms with van der Waals surface area (Å²) in [7, 11) is 0. The van der Waals surface area contributed by atoms with E-state index in [0.717, 1.165) is 23.3 Å². The van der Waals surface area contributed by atoms with Crippen LogP contribution in [0.4, 0.5) is 18.9 Å². The molecule has 0 aliphatic carbocycles. The molecule has 2 N–H and O–H groups in total. The number of anilines is 1. The summed E-state index contributed by atoms with van der Waals surface area (Å²) < 4.78 is 38.5. The van der Waals surface area contributed by atoms with Crippen molar-refractivity contribution in [1.29, 1.82) is 0 Å². The van der Waals surface area contributed by atoms with E-state index in [1.165, 1.54) is 23.2 Å². The number of nitrogens with one attached hydrogen (secondary N) is 1. The van der Waals surface area contributed by atoms with Gasteiger partial charge in [0.15, 0.2) is 0 Å². The molecule has 1 aromatic heterocycles. The third-order valence-corrected chi connectivity index (χ3v) is 5.91. The van der Waals surface area contributed by atoms with E-state index < -0.39 is 35.6 Å². The third-order valence-electron chi connectivity index (χ3n) is 5.91. The first-order chi connectivity index (χ1) is 17.1. The maximum Gasteiger partial charge on any atom is 0.416 e. The zero-order chi connectivity index (χ0) is 25.9. The van der Waals surface area contributed by atoms with E-state index in [-0.39, 0.29) is 17.8 Å². The summed E-state index contributed by atoms with van der Waals surface area (Å²) in [6.07, 6.45) is -1.95. The average Bonchev–Trinajstić information content (AvgIpc) is 3.34. The van der Waals surface area contributed by atoms with Gasteiger partial charge < -0.3 is 15.3 Å². The summed E-state index contributed by atoms with van der Waals surface area (Å²) in [6, 6.07) is 13.9. The Balaban J connectivity index is 1.38. The first kappa shape index (κ1) is 24.9. The van der Waals surface area contributed by atoms with Gasteiger partial charge in [0.05, 0.1) is 12.0 Å². The number of aromatic nitrogens is 1. The lowest BCUT2D eigenvalue weighted by molar-refractivity contribution is -0.141. The lowest BCUT2D eigenvalue weighted by Gasteiger charge is -2.20. The number of likely N-dealkylation sites (tertiary alicyclic amines) is 1. The molecule has 186 valence electrons. The van der Waals surface area contributed by atoms with Gasteiger partial charge in [0.2, 0.25) is 5.91 Å². The largest absolute Gasteiger partial charge is 0.480 e. The number of pyridine rings is 1. The number of rotatable bonds is 6. The molecule has 0 unspecified atom stereocenters. The first-order valence-electron chi connectivity index (χ1n) is 11.2. The normalized spacial score (nSPS) is 15.5. The van der Waals surface area contributed by atoms with Crippen LogP contribution in [0, 0.1) is 0 Å². The van der Waals surface area contributed by atoms with Crippen molar-refractivity contribution in [2.75, 3.05) is 11.9 Å². The number of carbonyl (C=O) groups is 3. The fourth-order valence-electron chi connectivity index (χ4n) is 4.08. The molecular formula is C26H22F3N3O4. The molecule has 0 saturated carbocycles. The van der Waals surface area contributed by atoms with Crippen molar-refractivity contribution in [1.82, 2.24) is 9.88 Å². The summed E-state index contributed by atoms with van der Waals surface area (Å²) in [5, 5.41) is 11.8. The second-order valence-electron chi connectivity index (χ2n) is 8.43. The van der Waals surface area contributed by atoms with E-state index in [1.807, 2.05) is 0 Å². The van der Waals surface area contributed by atoms with Crippen LogP contribution in [-0.4, -0.2) is 45.4 Å². The van der Waals surface area contributed by atoms with Gasteiger partial charge in [-0.1, -0.05) is 36.4 Å². The fraction of sp³-hybridized carbons (Fsp3) is 0.231. The molecule has 36 heavy (non-hydrogen) atoms. The van der Waals surface area contributed by atoms with E-state index in [2.05, 4.69) is 10.3 Å². The minimum atomic E-state index is -4.49. The van der Waals surface area contributed by atoms with Crippen LogP contribution in [0.1, 0.15) is 34.5 Å². The van der Waals surface area contributed by atoms with Gasteiger partial charge in [0.1, 0.15) is 11.7 Å². The number of nitrogens with zero attached hydrogens (tertiary/aromatic N) is 2. The number of hydrogen-bond acceptors (Lipinski definition) is 4. The van der Waals surface area contributed by atoms with Crippen LogP contribution < -0.4 is 5.32 Å². The first-order valence-corrected chi connectivity index (χ1v) is 11.2. The van der Waals surface area contributed by atoms with Crippen LogP contribution in [0.15, 0.2) is 66.9 Å². The minimum Gasteiger partial charge on any atom is -0.480 e. The number of carbonyl (C=O) groups excluding carboxylic acids is 2. The molecule has 2 heterocycles. The van der Waals surface area contributed by atoms with Crippen molar-refractivity contribution in [3.63, 3.8) is 0 Å². The SMILES string of the molecule is O=C(Cc1ccc(-c2ccc(C(=O)N3CCC[C@H]3C(=O)O)nc2)cc1)Nc1cccc(C(F)(F)F)c1. The van der Waals surface area contributed by atoms with Crippen LogP contribution >= 0.6 is 0 Å². The summed E-state index contributed by atoms with van der Waals surface area (Å²) in [5.41, 5.74) is 1.56. The molecule has 10 heteroatoms. The van der Waals surface area contributed by atoms with Gasteiger partial charge in [0, 0.05) is 24.0 Å². The molecule has 1 fully saturated rings. The summed E-state index contributed by atoms with van der Waals surface area (Å²) >= 11 is 0. The van der Waals surface area contributed by atoms with Crippen molar-refractivity contribution >= 4 is 23.5 Å². The number of carboxylic acid groups (broad SMARTS) is 1. The number of hydrogen-bond donors (Lipinski definition) is 2. The highest BCUT2D eigenvalue weighted by Gasteiger charge is 2.35. The predicted octanol–water partition coefficient (Wildman–Crippen LogP) is 4.64. The molecule has 0 spiro atoms. The average molecular weight is 497 g/mol. The maximum atomic E-state index is 12.8. The Hall–Kier alpha value is -4.21. The molecule has 2 amide bonds. The monoisotopic (exact) mass is 497 g/mol. The van der Waals surface area contributed by atoms with Crippen molar-refractivity contribution < 1.29 is 32.7 Å². The molecular weight excluding hydrogens is 475 g/mol. The van der Waals surface area contributed by atoms with E-state index in [0.29, 0.717) is 24.9 Å². The molecule has 1 atom stereocenters. The molecule has 3 aromatic rings. The smallest absolute Gasteiger partial charge is 0.416 e. The Kier molecular flexibility index (Phi) is 7.05. The molecule has 1 aliphatic rings. The Morgan fingerprint density at radius 1 is 1.03 bits per heavy atom. The van der Waals surface area contributed by atoms with Gasteiger partial charge in [-0.25, -0.2) is 4.79 Å². The van der Waals surface area contributed by atoms with E-state index in [1.54, 1.807) is 36.4 Å². The number of benzene rings is 2. The second kappa shape index (κ2) is 10.2. The number of aliphatic carboxylic acids is 1. The van der Waals surface area contributed by atoms with E-state index in [4.69, 9.17) is 0 Å². The second-order valence-corrected chi connectivity index (χ2v) is 8.43. The van der Waals surface area contributed by atoms with Gasteiger partial charge in [0.25, 0.3) is 5.91 Å². The topological polar surface area (TPSA) is 99.6 Å². The predicted molar refractivity (Wildman–Crippen MR) is 125 cm³/mol. The van der Waals surface area contributed by atoms with Gasteiger partial charge in [-0.3, -0.25) is 14.6 Å². The summed E-state index contributed by atoms with van der Waals surface area (Å²) in [5.74, 6) is -1.90. The van der Waals surface area contributed by atoms with Crippen LogP contribution in [0.25, 0.3) is 11.1 Å². The zero-order valence-corrected chi connectivity index (χ0v) is 19.0. The number of alkyl halides is 3. The van der Waals surface area contributed by atoms with Crippen LogP contribution in [0.5, 0.6) is 0 Å². The maximum absolute atomic E-state index is 12.8. The Labute approximate surface area is 204 Å². The highest BCUT2D eigenvalue weighted by atomic mass is 19.4. The molecule has 0 radical (unpaired) electrons. The highest BCUT2D eigenvalue weighted by Crippen LogP contribution is 2.30. The third kappa shape index (κ3) is 5.70. The standard InChI is InChI=1S/C26H22F3N3O4/c27-26(28,29)19-3-1-4-20(14-19)31-23(33)13-16-6-8-17(9-7-16)18-10-11-21(30-15-18)24(34)32-12-2-5-22(32)25(35)36/h1,3-4,6-11,14-15,22H,2,5,12-13H2,(H,31,33)(H,35,36)/t22-/m0/s1. The Bertz CT molecular complexity index is 1270. The van der Waals surface area contributed by atoms with Gasteiger partial charge in [-0.15, -0.1) is 0 Å². The molecule has 4 rings (SSSR count). The number of amides is 2. The van der Waals surface area contributed by atoms with E-state index >= 15 is 0 Å². The van der Waals surface area contributed by atoms with Crippen LogP contribution in [0.3, 0.4) is 0 Å². The highest BCUT2D eigenvalue weighted by molar-refractivity contribution is 5.95. The molecule has 1 aliphatic heterocycles. The summed E-state index contributed by atoms with van der Waals surface area (Å²) in [4.78, 5) is 41.8. The quantitative estimate of drug-likeness (QED) is 0.517. The lowest BCUT2D eigenvalue weighted by atomic mass is 10.0. The lowest BCUT2D eigenvalue weighted by Crippen LogP contribution is -2.40. The molecule has 0 bridgehead atoms. The van der Waals surface area contributed by atoms with Crippen molar-refractivity contribution in [3.8, 4) is 11.1 Å². The van der Waals surface area contributed by atoms with Crippen LogP contribution in [-0.2, 0) is 22.2 Å². The van der Waals surface area contributed by atoms with E-state index in [9.17, 15) is 32.7 Å². The number of carboxylic acids is 1. The fourth-order valence-corrected chi connectivity index (χ4v) is 4.08. The molecule has 1 saturated heterocycles. The minimum absolute atomic E-state index is 0.0250. The van der Waals surface area contributed by atoms with Crippen molar-refractivity contribution in [2.24, 2.45) is 0 Å². The van der Waals surface area contributed by atoms with Gasteiger partial charge in [-0.2, -0.15) is 13.2 Å². The van der Waals surface area contributed by atoms with Crippen LogP contribution in [0.2, 0.25) is 0 Å². The molecule has 7 nitrogen and oxygen atoms in total. The van der Waals surface area contributed by atoms with Crippen molar-refractivity contribution in [3.05, 3.63) is 83.7 Å². The van der Waals surface area contributed by atoms with Gasteiger partial charge in [-0.05, 0) is 48.2 Å². The Morgan fingerprint density at radius 3 is 2.39 bits per heavy atom.